The molecule has 5 nitrogen and oxygen atoms in total. The summed E-state index contributed by atoms with van der Waals surface area (Å²) >= 11 is 0. The number of nitrogens with zero attached hydrogens (tertiary/aromatic N) is 1. The highest BCUT2D eigenvalue weighted by Crippen LogP contribution is 2.23. The van der Waals surface area contributed by atoms with E-state index in [0.717, 1.165) is 16.0 Å². The van der Waals surface area contributed by atoms with Gasteiger partial charge in [-0.15, -0.1) is 0 Å². The molecule has 4 aromatic rings. The molecule has 0 fully saturated rings. The van der Waals surface area contributed by atoms with Gasteiger partial charge in [-0.05, 0) is 48.1 Å². The molecule has 0 aliphatic carbocycles. The number of carbonyl (C=O) groups excluding carboxylic acids is 1. The van der Waals surface area contributed by atoms with E-state index in [1.165, 1.54) is 11.1 Å². The standard InChI is InChI=1S/C36H42N2O3S/c1-28(2)23-34(37-36(39)41-27-32-17-11-6-12-18-32)35(42(40)33-21-19-29(3)20-22-33)26-38(24-30-13-7-4-8-14-30)25-31-15-9-5-10-16-31/h4-22,28,34-35H,23-27H2,1-3H3,(H,37,39)/t34-,35+,42-/m0/s1. The summed E-state index contributed by atoms with van der Waals surface area (Å²) in [4.78, 5) is 16.2. The maximum atomic E-state index is 14.4. The van der Waals surface area contributed by atoms with Gasteiger partial charge in [0.2, 0.25) is 0 Å². The molecular weight excluding hydrogens is 540 g/mol. The van der Waals surface area contributed by atoms with Crippen LogP contribution in [0.4, 0.5) is 4.79 Å². The van der Waals surface area contributed by atoms with Crippen LogP contribution in [0.5, 0.6) is 0 Å². The first kappa shape index (κ1) is 31.2. The average Bonchev–Trinajstić information content (AvgIpc) is 3.00. The lowest BCUT2D eigenvalue weighted by molar-refractivity contribution is 0.132. The lowest BCUT2D eigenvalue weighted by atomic mass is 10.00. The molecule has 0 saturated heterocycles. The Morgan fingerprint density at radius 3 is 1.76 bits per heavy atom. The van der Waals surface area contributed by atoms with Crippen LogP contribution in [-0.4, -0.2) is 33.0 Å². The molecule has 6 heteroatoms. The minimum Gasteiger partial charge on any atom is -0.445 e. The molecule has 0 radical (unpaired) electrons. The van der Waals surface area contributed by atoms with Gasteiger partial charge in [-0.1, -0.05) is 123 Å². The van der Waals surface area contributed by atoms with Crippen LogP contribution in [0, 0.1) is 12.8 Å². The van der Waals surface area contributed by atoms with Gasteiger partial charge in [0.05, 0.1) is 16.0 Å². The lowest BCUT2D eigenvalue weighted by Gasteiger charge is -2.33. The molecule has 1 amide bonds. The Morgan fingerprint density at radius 1 is 0.762 bits per heavy atom. The molecule has 0 spiro atoms. The maximum absolute atomic E-state index is 14.4. The van der Waals surface area contributed by atoms with Gasteiger partial charge in [-0.3, -0.25) is 9.11 Å². The van der Waals surface area contributed by atoms with Gasteiger partial charge in [0.25, 0.3) is 0 Å². The van der Waals surface area contributed by atoms with Crippen molar-refractivity contribution >= 4 is 16.9 Å². The Kier molecular flexibility index (Phi) is 11.9. The molecule has 0 aromatic heterocycles. The van der Waals surface area contributed by atoms with E-state index in [1.54, 1.807) is 0 Å². The second kappa shape index (κ2) is 16.0. The van der Waals surface area contributed by atoms with Gasteiger partial charge in [0.15, 0.2) is 0 Å². The fraction of sp³-hybridized carbons (Fsp3) is 0.306. The smallest absolute Gasteiger partial charge is 0.407 e. The second-order valence-corrected chi connectivity index (χ2v) is 12.9. The quantitative estimate of drug-likeness (QED) is 0.167. The van der Waals surface area contributed by atoms with Crippen LogP contribution in [0.1, 0.15) is 42.5 Å². The Balaban J connectivity index is 1.63. The number of rotatable bonds is 14. The van der Waals surface area contributed by atoms with Crippen molar-refractivity contribution in [1.29, 1.82) is 0 Å². The highest BCUT2D eigenvalue weighted by Gasteiger charge is 2.32. The summed E-state index contributed by atoms with van der Waals surface area (Å²) in [6.07, 6.45) is 0.181. The summed E-state index contributed by atoms with van der Waals surface area (Å²) in [6, 6.07) is 37.9. The molecule has 4 rings (SSSR count). The number of amides is 1. The SMILES string of the molecule is Cc1ccc([S@](=O)[C@H](CN(Cc2ccccc2)Cc2ccccc2)[C@H](CC(C)C)NC(=O)OCc2ccccc2)cc1. The molecular formula is C36H42N2O3S. The number of hydrogen-bond donors (Lipinski definition) is 1. The van der Waals surface area contributed by atoms with Crippen LogP contribution < -0.4 is 5.32 Å². The third-order valence-electron chi connectivity index (χ3n) is 7.15. The van der Waals surface area contributed by atoms with E-state index in [4.69, 9.17) is 4.74 Å². The van der Waals surface area contributed by atoms with E-state index in [2.05, 4.69) is 48.3 Å². The molecule has 3 atom stereocenters. The summed E-state index contributed by atoms with van der Waals surface area (Å²) < 4.78 is 20.0. The van der Waals surface area contributed by atoms with Crippen molar-refractivity contribution in [3.63, 3.8) is 0 Å². The van der Waals surface area contributed by atoms with Gasteiger partial charge < -0.3 is 10.1 Å². The monoisotopic (exact) mass is 582 g/mol. The fourth-order valence-corrected chi connectivity index (χ4v) is 6.62. The highest BCUT2D eigenvalue weighted by molar-refractivity contribution is 7.85. The Morgan fingerprint density at radius 2 is 1.26 bits per heavy atom. The molecule has 0 heterocycles. The summed E-state index contributed by atoms with van der Waals surface area (Å²) in [6.45, 7) is 8.39. The molecule has 0 aliphatic rings. The van der Waals surface area contributed by atoms with Crippen molar-refractivity contribution in [2.45, 2.75) is 63.1 Å². The van der Waals surface area contributed by atoms with Crippen molar-refractivity contribution in [3.05, 3.63) is 138 Å². The number of nitrogens with one attached hydrogen (secondary N) is 1. The molecule has 0 saturated carbocycles. The third-order valence-corrected chi connectivity index (χ3v) is 8.92. The van der Waals surface area contributed by atoms with Crippen molar-refractivity contribution in [1.82, 2.24) is 10.2 Å². The molecule has 42 heavy (non-hydrogen) atoms. The fourth-order valence-electron chi connectivity index (χ4n) is 5.04. The van der Waals surface area contributed by atoms with Crippen LogP contribution in [0.25, 0.3) is 0 Å². The Bertz CT molecular complexity index is 1340. The number of alkyl carbamates (subject to hydrolysis) is 1. The maximum Gasteiger partial charge on any atom is 0.407 e. The molecule has 0 bridgehead atoms. The highest BCUT2D eigenvalue weighted by atomic mass is 32.2. The van der Waals surface area contributed by atoms with Gasteiger partial charge in [-0.25, -0.2) is 4.79 Å². The second-order valence-electron chi connectivity index (χ2n) is 11.2. The predicted molar refractivity (Wildman–Crippen MR) is 171 cm³/mol. The van der Waals surface area contributed by atoms with Gasteiger partial charge in [0.1, 0.15) is 6.61 Å². The van der Waals surface area contributed by atoms with E-state index < -0.39 is 16.9 Å². The van der Waals surface area contributed by atoms with E-state index in [0.29, 0.717) is 26.1 Å². The summed E-state index contributed by atoms with van der Waals surface area (Å²) in [5.74, 6) is 0.277. The van der Waals surface area contributed by atoms with Crippen LogP contribution >= 0.6 is 0 Å². The van der Waals surface area contributed by atoms with Crippen molar-refractivity contribution < 1.29 is 13.7 Å². The largest absolute Gasteiger partial charge is 0.445 e. The Hall–Kier alpha value is -3.74. The van der Waals surface area contributed by atoms with Gasteiger partial charge >= 0.3 is 6.09 Å². The van der Waals surface area contributed by atoms with Crippen molar-refractivity contribution in [3.8, 4) is 0 Å². The van der Waals surface area contributed by atoms with Crippen molar-refractivity contribution in [2.75, 3.05) is 6.54 Å². The van der Waals surface area contributed by atoms with E-state index in [1.807, 2.05) is 97.9 Å². The van der Waals surface area contributed by atoms with E-state index in [9.17, 15) is 9.00 Å². The van der Waals surface area contributed by atoms with Crippen LogP contribution in [0.3, 0.4) is 0 Å². The topological polar surface area (TPSA) is 58.6 Å². The Labute approximate surface area is 253 Å². The van der Waals surface area contributed by atoms with Crippen LogP contribution in [-0.2, 0) is 35.2 Å². The number of ether oxygens (including phenoxy) is 1. The number of hydrogen-bond acceptors (Lipinski definition) is 4. The zero-order chi connectivity index (χ0) is 29.7. The summed E-state index contributed by atoms with van der Waals surface area (Å²) in [5.41, 5.74) is 4.40. The number of aryl methyl sites for hydroxylation is 1. The average molecular weight is 583 g/mol. The minimum absolute atomic E-state index is 0.181. The van der Waals surface area contributed by atoms with E-state index in [-0.39, 0.29) is 23.8 Å². The first-order valence-electron chi connectivity index (χ1n) is 14.6. The number of benzene rings is 4. The van der Waals surface area contributed by atoms with Gasteiger partial charge in [0, 0.05) is 30.6 Å². The summed E-state index contributed by atoms with van der Waals surface area (Å²) in [5, 5.41) is 2.76. The first-order valence-corrected chi connectivity index (χ1v) is 15.8. The van der Waals surface area contributed by atoms with Gasteiger partial charge in [-0.2, -0.15) is 0 Å². The van der Waals surface area contributed by atoms with Crippen LogP contribution in [0.2, 0.25) is 0 Å². The number of carbonyl (C=O) groups is 1. The lowest BCUT2D eigenvalue weighted by Crippen LogP contribution is -2.50. The van der Waals surface area contributed by atoms with Crippen molar-refractivity contribution in [2.24, 2.45) is 5.92 Å². The molecule has 0 aliphatic heterocycles. The molecule has 220 valence electrons. The van der Waals surface area contributed by atoms with E-state index >= 15 is 0 Å². The molecule has 1 N–H and O–H groups in total. The third kappa shape index (κ3) is 9.97. The normalized spacial score (nSPS) is 13.5. The first-order chi connectivity index (χ1) is 20.4. The summed E-state index contributed by atoms with van der Waals surface area (Å²) in [7, 11) is -1.38. The minimum atomic E-state index is -1.38. The van der Waals surface area contributed by atoms with Crippen LogP contribution in [0.15, 0.2) is 120 Å². The predicted octanol–water partition coefficient (Wildman–Crippen LogP) is 7.51. The zero-order valence-electron chi connectivity index (χ0n) is 24.8. The molecule has 0 unspecified atom stereocenters. The molecule has 4 aromatic carbocycles. The zero-order valence-corrected chi connectivity index (χ0v) is 25.6.